The van der Waals surface area contributed by atoms with E-state index in [0.29, 0.717) is 16.6 Å². The number of halogens is 1. The van der Waals surface area contributed by atoms with E-state index in [1.54, 1.807) is 18.3 Å². The fourth-order valence-corrected chi connectivity index (χ4v) is 4.69. The summed E-state index contributed by atoms with van der Waals surface area (Å²) in [6.45, 7) is 0. The predicted octanol–water partition coefficient (Wildman–Crippen LogP) is 5.90. The minimum atomic E-state index is -0.221. The molecule has 1 aromatic heterocycles. The van der Waals surface area contributed by atoms with Crippen molar-refractivity contribution in [2.24, 2.45) is 0 Å². The molecular weight excluding hydrogens is 422 g/mol. The number of carbonyl (C=O) groups excluding carboxylic acids is 1. The van der Waals surface area contributed by atoms with Crippen molar-refractivity contribution in [3.63, 3.8) is 0 Å². The Balaban J connectivity index is 1.22. The lowest BCUT2D eigenvalue weighted by atomic mass is 9.90. The van der Waals surface area contributed by atoms with Crippen LogP contribution in [0.25, 0.3) is 21.7 Å². The summed E-state index contributed by atoms with van der Waals surface area (Å²) in [7, 11) is 0. The summed E-state index contributed by atoms with van der Waals surface area (Å²) in [5.74, 6) is -0.206. The monoisotopic (exact) mass is 445 g/mol. The summed E-state index contributed by atoms with van der Waals surface area (Å²) < 4.78 is 0. The third kappa shape index (κ3) is 4.21. The van der Waals surface area contributed by atoms with Gasteiger partial charge in [-0.25, -0.2) is 0 Å². The van der Waals surface area contributed by atoms with Gasteiger partial charge in [-0.15, -0.1) is 0 Å². The van der Waals surface area contributed by atoms with Crippen molar-refractivity contribution >= 4 is 44.9 Å². The second-order valence-electron chi connectivity index (χ2n) is 8.40. The van der Waals surface area contributed by atoms with Crippen molar-refractivity contribution in [3.8, 4) is 5.75 Å². The molecule has 1 fully saturated rings. The fourth-order valence-electron chi connectivity index (χ4n) is 4.52. The third-order valence-corrected chi connectivity index (χ3v) is 6.47. The maximum atomic E-state index is 12.8. The van der Waals surface area contributed by atoms with Crippen LogP contribution in [-0.2, 0) is 0 Å². The number of phenolic OH excluding ortho intramolecular Hbond substituents is 1. The molecule has 5 rings (SSSR count). The zero-order chi connectivity index (χ0) is 22.1. The van der Waals surface area contributed by atoms with Gasteiger partial charge in [-0.05, 0) is 72.9 Å². The molecule has 0 spiro atoms. The fraction of sp³-hybridized carbons (Fsp3) is 0.231. The molecule has 3 N–H and O–H groups in total. The molecule has 0 aliphatic heterocycles. The molecule has 5 nitrogen and oxygen atoms in total. The molecule has 162 valence electrons. The van der Waals surface area contributed by atoms with Crippen molar-refractivity contribution in [1.82, 2.24) is 10.3 Å². The summed E-state index contributed by atoms with van der Waals surface area (Å²) in [5.41, 5.74) is 2.25. The van der Waals surface area contributed by atoms with E-state index < -0.39 is 0 Å². The van der Waals surface area contributed by atoms with Crippen LogP contribution in [0, 0.1) is 0 Å². The number of anilines is 1. The van der Waals surface area contributed by atoms with E-state index in [9.17, 15) is 9.90 Å². The number of hydrogen-bond acceptors (Lipinski definition) is 4. The number of aromatic nitrogens is 1. The first-order chi connectivity index (χ1) is 15.6. The van der Waals surface area contributed by atoms with Gasteiger partial charge in [0.15, 0.2) is 0 Å². The lowest BCUT2D eigenvalue weighted by molar-refractivity contribution is 0.0924. The van der Waals surface area contributed by atoms with Gasteiger partial charge >= 0.3 is 0 Å². The maximum absolute atomic E-state index is 12.8. The highest BCUT2D eigenvalue weighted by Gasteiger charge is 2.24. The first-order valence-electron chi connectivity index (χ1n) is 10.9. The Morgan fingerprint density at radius 3 is 2.44 bits per heavy atom. The van der Waals surface area contributed by atoms with Crippen LogP contribution in [0.15, 0.2) is 66.9 Å². The second kappa shape index (κ2) is 8.67. The highest BCUT2D eigenvalue weighted by Crippen LogP contribution is 2.29. The normalized spacial score (nSPS) is 18.5. The van der Waals surface area contributed by atoms with Crippen molar-refractivity contribution in [3.05, 3.63) is 77.4 Å². The number of aromatic hydroxyl groups is 1. The Labute approximate surface area is 191 Å². The SMILES string of the molecule is O=C(NC1CCC(Nc2ccnc3cc(Cl)ccc23)CC1)c1cc2ccccc2cc1O. The number of phenols is 1. The minimum Gasteiger partial charge on any atom is -0.507 e. The number of benzene rings is 3. The van der Waals surface area contributed by atoms with E-state index in [2.05, 4.69) is 15.6 Å². The molecule has 0 saturated heterocycles. The van der Waals surface area contributed by atoms with Crippen molar-refractivity contribution in [2.45, 2.75) is 37.8 Å². The number of carbonyl (C=O) groups is 1. The molecule has 0 atom stereocenters. The molecule has 0 bridgehead atoms. The first-order valence-corrected chi connectivity index (χ1v) is 11.3. The number of fused-ring (bicyclic) bond motifs is 2. The van der Waals surface area contributed by atoms with E-state index in [4.69, 9.17) is 11.6 Å². The van der Waals surface area contributed by atoms with Crippen molar-refractivity contribution in [1.29, 1.82) is 0 Å². The number of nitrogens with zero attached hydrogens (tertiary/aromatic N) is 1. The summed E-state index contributed by atoms with van der Waals surface area (Å²) in [5, 5.41) is 20.7. The van der Waals surface area contributed by atoms with Crippen LogP contribution in [-0.4, -0.2) is 28.1 Å². The van der Waals surface area contributed by atoms with Gasteiger partial charge in [0.1, 0.15) is 5.75 Å². The Morgan fingerprint density at radius 2 is 1.66 bits per heavy atom. The highest BCUT2D eigenvalue weighted by atomic mass is 35.5. The summed E-state index contributed by atoms with van der Waals surface area (Å²) in [6.07, 6.45) is 5.46. The average Bonchev–Trinajstić information content (AvgIpc) is 2.80. The van der Waals surface area contributed by atoms with Gasteiger partial charge in [0, 0.05) is 34.4 Å². The molecule has 1 saturated carbocycles. The Hall–Kier alpha value is -3.31. The van der Waals surface area contributed by atoms with E-state index in [1.807, 2.05) is 48.5 Å². The van der Waals surface area contributed by atoms with Crippen LogP contribution in [0.4, 0.5) is 5.69 Å². The first kappa shape index (κ1) is 20.6. The summed E-state index contributed by atoms with van der Waals surface area (Å²) in [6, 6.07) is 19.3. The van der Waals surface area contributed by atoms with Gasteiger partial charge in [-0.1, -0.05) is 35.9 Å². The van der Waals surface area contributed by atoms with Crippen molar-refractivity contribution < 1.29 is 9.90 Å². The summed E-state index contributed by atoms with van der Waals surface area (Å²) >= 11 is 6.09. The third-order valence-electron chi connectivity index (χ3n) is 6.24. The van der Waals surface area contributed by atoms with Gasteiger partial charge in [0.05, 0.1) is 11.1 Å². The van der Waals surface area contributed by atoms with Crippen LogP contribution in [0.5, 0.6) is 5.75 Å². The summed E-state index contributed by atoms with van der Waals surface area (Å²) in [4.78, 5) is 17.2. The Bertz CT molecular complexity index is 1300. The molecule has 6 heteroatoms. The molecule has 1 heterocycles. The lowest BCUT2D eigenvalue weighted by Gasteiger charge is -2.30. The van der Waals surface area contributed by atoms with Gasteiger partial charge in [-0.3, -0.25) is 9.78 Å². The van der Waals surface area contributed by atoms with Crippen molar-refractivity contribution in [2.75, 3.05) is 5.32 Å². The van der Waals surface area contributed by atoms with Crippen LogP contribution in [0.2, 0.25) is 5.02 Å². The average molecular weight is 446 g/mol. The zero-order valence-corrected chi connectivity index (χ0v) is 18.3. The van der Waals surface area contributed by atoms with Crippen LogP contribution in [0.3, 0.4) is 0 Å². The van der Waals surface area contributed by atoms with E-state index in [-0.39, 0.29) is 17.7 Å². The smallest absolute Gasteiger partial charge is 0.255 e. The van der Waals surface area contributed by atoms with E-state index >= 15 is 0 Å². The number of hydrogen-bond donors (Lipinski definition) is 3. The van der Waals surface area contributed by atoms with E-state index in [1.165, 1.54) is 0 Å². The standard InChI is InChI=1S/C26H24ClN3O2/c27-18-5-10-21-23(11-12-28-24(21)15-18)29-19-6-8-20(9-7-19)30-26(32)22-13-16-3-1-2-4-17(16)14-25(22)31/h1-5,10-15,19-20,31H,6-9H2,(H,28,29)(H,30,32). The van der Waals surface area contributed by atoms with Gasteiger partial charge in [0.25, 0.3) is 5.91 Å². The number of nitrogens with one attached hydrogen (secondary N) is 2. The molecule has 4 aromatic rings. The molecule has 1 amide bonds. The predicted molar refractivity (Wildman–Crippen MR) is 129 cm³/mol. The highest BCUT2D eigenvalue weighted by molar-refractivity contribution is 6.31. The Kier molecular flexibility index (Phi) is 5.58. The Morgan fingerprint density at radius 1 is 0.938 bits per heavy atom. The molecule has 3 aromatic carbocycles. The molecular formula is C26H24ClN3O2. The number of rotatable bonds is 4. The number of pyridine rings is 1. The lowest BCUT2D eigenvalue weighted by Crippen LogP contribution is -2.40. The topological polar surface area (TPSA) is 74.2 Å². The second-order valence-corrected chi connectivity index (χ2v) is 8.84. The van der Waals surface area contributed by atoms with Gasteiger partial charge in [0.2, 0.25) is 0 Å². The largest absolute Gasteiger partial charge is 0.507 e. The van der Waals surface area contributed by atoms with Crippen LogP contribution < -0.4 is 10.6 Å². The van der Waals surface area contributed by atoms with Crippen LogP contribution >= 0.6 is 11.6 Å². The molecule has 1 aliphatic carbocycles. The van der Waals surface area contributed by atoms with E-state index in [0.717, 1.165) is 53.0 Å². The molecule has 0 radical (unpaired) electrons. The van der Waals surface area contributed by atoms with Crippen LogP contribution in [0.1, 0.15) is 36.0 Å². The molecule has 32 heavy (non-hydrogen) atoms. The zero-order valence-electron chi connectivity index (χ0n) is 17.5. The van der Waals surface area contributed by atoms with Gasteiger partial charge < -0.3 is 15.7 Å². The minimum absolute atomic E-state index is 0.0150. The maximum Gasteiger partial charge on any atom is 0.255 e. The number of amides is 1. The van der Waals surface area contributed by atoms with Gasteiger partial charge in [-0.2, -0.15) is 0 Å². The molecule has 1 aliphatic rings. The molecule has 0 unspecified atom stereocenters. The quantitative estimate of drug-likeness (QED) is 0.365.